The maximum absolute atomic E-state index is 12.2. The van der Waals surface area contributed by atoms with Gasteiger partial charge in [0.1, 0.15) is 11.4 Å². The van der Waals surface area contributed by atoms with Gasteiger partial charge in [-0.25, -0.2) is 4.79 Å². The molecule has 1 N–H and O–H groups in total. The number of benzene rings is 1. The molecule has 2 aromatic heterocycles. The number of thiophene rings is 1. The molecule has 3 rings (SSSR count). The van der Waals surface area contributed by atoms with Crippen molar-refractivity contribution in [2.45, 2.75) is 0 Å². The first kappa shape index (κ1) is 15.4. The van der Waals surface area contributed by atoms with Crippen molar-refractivity contribution in [2.75, 3.05) is 7.11 Å². The minimum atomic E-state index is -0.434. The molecule has 0 amide bonds. The van der Waals surface area contributed by atoms with Crippen molar-refractivity contribution in [1.29, 1.82) is 0 Å². The summed E-state index contributed by atoms with van der Waals surface area (Å²) in [7, 11) is 1.50. The Balaban J connectivity index is 2.17. The standard InChI is InChI=1S/C13H8Cl3N3O2S/c1-21-9-3-2-6(14)4-8(9)19-13(20)17-12(18-19)11-10(16)7(15)5-22-11/h2-5H,1H3,(H,17,18,20). The molecule has 3 aromatic rings. The van der Waals surface area contributed by atoms with Gasteiger partial charge in [-0.2, -0.15) is 4.68 Å². The molecule has 0 aliphatic heterocycles. The number of aromatic nitrogens is 3. The summed E-state index contributed by atoms with van der Waals surface area (Å²) in [5, 5.41) is 7.16. The van der Waals surface area contributed by atoms with Crippen LogP contribution < -0.4 is 10.4 Å². The second kappa shape index (κ2) is 5.96. The molecule has 1 aromatic carbocycles. The molecule has 0 atom stereocenters. The molecule has 0 radical (unpaired) electrons. The van der Waals surface area contributed by atoms with Crippen LogP contribution in [-0.2, 0) is 0 Å². The maximum atomic E-state index is 12.2. The van der Waals surface area contributed by atoms with E-state index >= 15 is 0 Å². The number of aromatic amines is 1. The summed E-state index contributed by atoms with van der Waals surface area (Å²) in [5.41, 5.74) is -0.00238. The van der Waals surface area contributed by atoms with Gasteiger partial charge in [0.05, 0.1) is 22.0 Å². The quantitative estimate of drug-likeness (QED) is 0.743. The lowest BCUT2D eigenvalue weighted by Gasteiger charge is -2.07. The molecule has 22 heavy (non-hydrogen) atoms. The van der Waals surface area contributed by atoms with Crippen molar-refractivity contribution in [3.05, 3.63) is 49.1 Å². The number of rotatable bonds is 3. The van der Waals surface area contributed by atoms with Crippen molar-refractivity contribution in [1.82, 2.24) is 14.8 Å². The highest BCUT2D eigenvalue weighted by Gasteiger charge is 2.17. The predicted molar refractivity (Wildman–Crippen MR) is 89.1 cm³/mol. The summed E-state index contributed by atoms with van der Waals surface area (Å²) in [6.45, 7) is 0. The molecule has 114 valence electrons. The first-order chi connectivity index (χ1) is 10.5. The highest BCUT2D eigenvalue weighted by molar-refractivity contribution is 7.14. The zero-order valence-corrected chi connectivity index (χ0v) is 14.1. The van der Waals surface area contributed by atoms with Crippen molar-refractivity contribution in [3.63, 3.8) is 0 Å². The Morgan fingerprint density at radius 1 is 1.32 bits per heavy atom. The molecule has 0 unspecified atom stereocenters. The normalized spacial score (nSPS) is 10.9. The van der Waals surface area contributed by atoms with E-state index in [1.54, 1.807) is 23.6 Å². The number of ether oxygens (including phenoxy) is 1. The van der Waals surface area contributed by atoms with E-state index in [4.69, 9.17) is 39.5 Å². The SMILES string of the molecule is COc1ccc(Cl)cc1-n1nc(-c2scc(Cl)c2Cl)[nH]c1=O. The Morgan fingerprint density at radius 2 is 2.09 bits per heavy atom. The number of nitrogens with one attached hydrogen (secondary N) is 1. The lowest BCUT2D eigenvalue weighted by molar-refractivity contribution is 0.411. The van der Waals surface area contributed by atoms with Gasteiger partial charge < -0.3 is 4.74 Å². The van der Waals surface area contributed by atoms with Gasteiger partial charge in [-0.1, -0.05) is 34.8 Å². The minimum absolute atomic E-state index is 0.328. The Morgan fingerprint density at radius 3 is 2.73 bits per heavy atom. The summed E-state index contributed by atoms with van der Waals surface area (Å²) in [4.78, 5) is 15.4. The fourth-order valence-electron chi connectivity index (χ4n) is 1.90. The molecule has 0 bridgehead atoms. The number of methoxy groups -OCH3 is 1. The molecular weight excluding hydrogens is 369 g/mol. The molecule has 0 aliphatic carbocycles. The van der Waals surface area contributed by atoms with Crippen LogP contribution in [0.1, 0.15) is 0 Å². The van der Waals surface area contributed by atoms with Crippen molar-refractivity contribution < 1.29 is 4.74 Å². The van der Waals surface area contributed by atoms with Gasteiger partial charge in [-0.15, -0.1) is 16.4 Å². The van der Waals surface area contributed by atoms with Crippen LogP contribution in [0.25, 0.3) is 16.4 Å². The van der Waals surface area contributed by atoms with Crippen molar-refractivity contribution in [3.8, 4) is 22.1 Å². The van der Waals surface area contributed by atoms with E-state index in [2.05, 4.69) is 10.1 Å². The monoisotopic (exact) mass is 375 g/mol. The van der Waals surface area contributed by atoms with Gasteiger partial charge in [-0.3, -0.25) is 4.98 Å². The van der Waals surface area contributed by atoms with E-state index < -0.39 is 5.69 Å². The second-order valence-corrected chi connectivity index (χ2v) is 6.33. The van der Waals surface area contributed by atoms with Gasteiger partial charge in [0.15, 0.2) is 5.82 Å². The fraction of sp³-hybridized carbons (Fsp3) is 0.0769. The fourth-order valence-corrected chi connectivity index (χ4v) is 3.45. The summed E-state index contributed by atoms with van der Waals surface area (Å²) in [6.07, 6.45) is 0. The molecule has 0 aliphatic rings. The van der Waals surface area contributed by atoms with E-state index in [0.717, 1.165) is 0 Å². The zero-order chi connectivity index (χ0) is 15.9. The Kier molecular flexibility index (Phi) is 4.18. The van der Waals surface area contributed by atoms with Gasteiger partial charge >= 0.3 is 5.69 Å². The van der Waals surface area contributed by atoms with E-state index in [1.165, 1.54) is 23.1 Å². The third-order valence-corrected chi connectivity index (χ3v) is 5.14. The molecule has 5 nitrogen and oxygen atoms in total. The number of hydrogen-bond acceptors (Lipinski definition) is 4. The van der Waals surface area contributed by atoms with Crippen LogP contribution in [0.2, 0.25) is 15.1 Å². The van der Waals surface area contributed by atoms with Crippen LogP contribution in [0.5, 0.6) is 5.75 Å². The zero-order valence-electron chi connectivity index (χ0n) is 11.1. The molecule has 2 heterocycles. The maximum Gasteiger partial charge on any atom is 0.348 e. The van der Waals surface area contributed by atoms with Gasteiger partial charge in [0, 0.05) is 10.4 Å². The van der Waals surface area contributed by atoms with Crippen LogP contribution >= 0.6 is 46.1 Å². The van der Waals surface area contributed by atoms with Crippen molar-refractivity contribution >= 4 is 46.1 Å². The third-order valence-electron chi connectivity index (χ3n) is 2.89. The lowest BCUT2D eigenvalue weighted by atomic mass is 10.3. The number of halogens is 3. The van der Waals surface area contributed by atoms with E-state index in [0.29, 0.717) is 37.2 Å². The first-order valence-corrected chi connectivity index (χ1v) is 7.98. The van der Waals surface area contributed by atoms with Crippen LogP contribution in [0.4, 0.5) is 0 Å². The molecule has 0 saturated heterocycles. The number of H-pyrrole nitrogens is 1. The molecule has 0 fully saturated rings. The Bertz CT molecular complexity index is 900. The highest BCUT2D eigenvalue weighted by Crippen LogP contribution is 2.37. The van der Waals surface area contributed by atoms with Crippen molar-refractivity contribution in [2.24, 2.45) is 0 Å². The average Bonchev–Trinajstić information content (AvgIpc) is 3.03. The van der Waals surface area contributed by atoms with Gasteiger partial charge in [-0.05, 0) is 18.2 Å². The van der Waals surface area contributed by atoms with E-state index in [-0.39, 0.29) is 0 Å². The smallest absolute Gasteiger partial charge is 0.348 e. The van der Waals surface area contributed by atoms with Gasteiger partial charge in [0.25, 0.3) is 0 Å². The molecule has 9 heteroatoms. The summed E-state index contributed by atoms with van der Waals surface area (Å²) in [6, 6.07) is 4.92. The molecular formula is C13H8Cl3N3O2S. The average molecular weight is 377 g/mol. The number of nitrogens with zero attached hydrogens (tertiary/aromatic N) is 2. The van der Waals surface area contributed by atoms with E-state index in [1.807, 2.05) is 0 Å². The lowest BCUT2D eigenvalue weighted by Crippen LogP contribution is -2.16. The highest BCUT2D eigenvalue weighted by atomic mass is 35.5. The summed E-state index contributed by atoms with van der Waals surface area (Å²) in [5.74, 6) is 0.800. The topological polar surface area (TPSA) is 59.9 Å². The molecule has 0 spiro atoms. The number of hydrogen-bond donors (Lipinski definition) is 1. The summed E-state index contributed by atoms with van der Waals surface area (Å²) < 4.78 is 6.41. The van der Waals surface area contributed by atoms with Crippen LogP contribution in [0.3, 0.4) is 0 Å². The van der Waals surface area contributed by atoms with Crippen LogP contribution in [-0.4, -0.2) is 21.9 Å². The van der Waals surface area contributed by atoms with Gasteiger partial charge in [0.2, 0.25) is 0 Å². The summed E-state index contributed by atoms with van der Waals surface area (Å²) >= 11 is 19.3. The Labute approximate surface area is 144 Å². The second-order valence-electron chi connectivity index (χ2n) is 4.23. The van der Waals surface area contributed by atoms with Crippen LogP contribution in [0, 0.1) is 0 Å². The largest absolute Gasteiger partial charge is 0.494 e. The van der Waals surface area contributed by atoms with Crippen LogP contribution in [0.15, 0.2) is 28.4 Å². The first-order valence-electron chi connectivity index (χ1n) is 5.97. The predicted octanol–water partition coefficient (Wildman–Crippen LogP) is 4.26. The third kappa shape index (κ3) is 2.63. The minimum Gasteiger partial charge on any atom is -0.494 e. The Hall–Kier alpha value is -1.47. The van der Waals surface area contributed by atoms with E-state index in [9.17, 15) is 4.79 Å². The molecule has 0 saturated carbocycles.